The Bertz CT molecular complexity index is 1310. The van der Waals surface area contributed by atoms with Crippen molar-refractivity contribution in [2.45, 2.75) is 192 Å². The average molecular weight is 841 g/mol. The third-order valence-corrected chi connectivity index (χ3v) is 10.3. The van der Waals surface area contributed by atoms with Crippen molar-refractivity contribution in [1.29, 1.82) is 0 Å². The fourth-order valence-corrected chi connectivity index (χ4v) is 6.82. The highest BCUT2D eigenvalue weighted by Crippen LogP contribution is 2.24. The summed E-state index contributed by atoms with van der Waals surface area (Å²) in [6.07, 6.45) is 32.8. The van der Waals surface area contributed by atoms with Gasteiger partial charge in [-0.3, -0.25) is 14.1 Å². The van der Waals surface area contributed by atoms with E-state index in [1.165, 1.54) is 57.8 Å². The maximum atomic E-state index is 12.8. The molecule has 1 rings (SSSR count). The minimum atomic E-state index is -4.61. The molecule has 1 heterocycles. The van der Waals surface area contributed by atoms with Crippen molar-refractivity contribution in [2.75, 3.05) is 19.0 Å². The number of unbranched alkanes of at least 4 members (excludes halogenated alkanes) is 13. The number of carbonyl (C=O) groups is 2. The van der Waals surface area contributed by atoms with Gasteiger partial charge in [-0.25, -0.2) is 0 Å². The first-order valence-electron chi connectivity index (χ1n) is 21.8. The second-order valence-corrected chi connectivity index (χ2v) is 16.5. The van der Waals surface area contributed by atoms with Crippen LogP contribution in [0.5, 0.6) is 0 Å². The Labute approximate surface area is 349 Å². The predicted molar refractivity (Wildman–Crippen MR) is 229 cm³/mol. The summed E-state index contributed by atoms with van der Waals surface area (Å²) < 4.78 is 53.9. The molecule has 0 saturated carbocycles. The van der Waals surface area contributed by atoms with Crippen molar-refractivity contribution in [3.05, 3.63) is 60.8 Å². The molecule has 0 aromatic carbocycles. The number of hydrogen-bond donors (Lipinski definition) is 4. The lowest BCUT2D eigenvalue weighted by molar-refractivity contribution is -0.297. The molecule has 0 radical (unpaired) electrons. The lowest BCUT2D eigenvalue weighted by atomic mass is 10.00. The van der Waals surface area contributed by atoms with Crippen LogP contribution in [0.1, 0.15) is 155 Å². The van der Waals surface area contributed by atoms with E-state index < -0.39 is 71.2 Å². The average Bonchev–Trinajstić information content (AvgIpc) is 3.18. The lowest BCUT2D eigenvalue weighted by Gasteiger charge is -2.40. The Kier molecular flexibility index (Phi) is 32.3. The van der Waals surface area contributed by atoms with E-state index in [1.807, 2.05) is 12.2 Å². The van der Waals surface area contributed by atoms with Crippen LogP contribution in [-0.2, 0) is 38.7 Å². The second-order valence-electron chi connectivity index (χ2n) is 15.0. The highest BCUT2D eigenvalue weighted by molar-refractivity contribution is 7.85. The second kappa shape index (κ2) is 35.1. The quantitative estimate of drug-likeness (QED) is 0.0207. The summed E-state index contributed by atoms with van der Waals surface area (Å²) in [7, 11) is -4.61. The van der Waals surface area contributed by atoms with Gasteiger partial charge in [0.25, 0.3) is 10.1 Å². The van der Waals surface area contributed by atoms with E-state index in [4.69, 9.17) is 18.9 Å². The van der Waals surface area contributed by atoms with Crippen molar-refractivity contribution >= 4 is 22.1 Å². The van der Waals surface area contributed by atoms with Gasteiger partial charge in [-0.05, 0) is 77.0 Å². The molecule has 12 nitrogen and oxygen atoms in total. The van der Waals surface area contributed by atoms with Crippen LogP contribution >= 0.6 is 0 Å². The first-order chi connectivity index (χ1) is 28.0. The van der Waals surface area contributed by atoms with Crippen LogP contribution in [0, 0.1) is 0 Å². The van der Waals surface area contributed by atoms with Gasteiger partial charge in [0.2, 0.25) is 0 Å². The maximum Gasteiger partial charge on any atom is 0.306 e. The smallest absolute Gasteiger partial charge is 0.306 e. The van der Waals surface area contributed by atoms with Gasteiger partial charge in [-0.1, -0.05) is 126 Å². The molecule has 1 aliphatic rings. The molecular weight excluding hydrogens is 765 g/mol. The van der Waals surface area contributed by atoms with Crippen molar-refractivity contribution < 1.29 is 56.8 Å². The zero-order valence-electron chi connectivity index (χ0n) is 35.4. The number of aliphatic hydroxyl groups is 3. The SMILES string of the molecule is CCCCC/C=C/C/C=C/C/C=C/C/C=C/CCCC(=O)O[C@H](COC(=O)CCCCC/C=C/CCCCCCCC)CO[C@H]1O[C@H](CS(=O)(=O)O)[C@@H](O)C(O)C1O. The largest absolute Gasteiger partial charge is 0.462 e. The molecule has 58 heavy (non-hydrogen) atoms. The molecule has 2 unspecified atom stereocenters. The molecule has 0 spiro atoms. The molecular formula is C45H76O12S. The molecule has 4 N–H and O–H groups in total. The minimum absolute atomic E-state index is 0.0831. The van der Waals surface area contributed by atoms with E-state index in [1.54, 1.807) is 0 Å². The van der Waals surface area contributed by atoms with Gasteiger partial charge in [0.1, 0.15) is 36.8 Å². The molecule has 1 aliphatic heterocycles. The third kappa shape index (κ3) is 29.5. The summed E-state index contributed by atoms with van der Waals surface area (Å²) in [5.41, 5.74) is 0. The van der Waals surface area contributed by atoms with Crippen LogP contribution in [0.15, 0.2) is 60.8 Å². The summed E-state index contributed by atoms with van der Waals surface area (Å²) in [6.45, 7) is 3.64. The zero-order chi connectivity index (χ0) is 42.7. The van der Waals surface area contributed by atoms with Crippen molar-refractivity contribution in [2.24, 2.45) is 0 Å². The van der Waals surface area contributed by atoms with Crippen molar-refractivity contribution in [3.8, 4) is 0 Å². The summed E-state index contributed by atoms with van der Waals surface area (Å²) in [6, 6.07) is 0. The molecule has 0 bridgehead atoms. The molecule has 0 aromatic rings. The van der Waals surface area contributed by atoms with Gasteiger partial charge in [0.15, 0.2) is 12.4 Å². The highest BCUT2D eigenvalue weighted by Gasteiger charge is 2.46. The highest BCUT2D eigenvalue weighted by atomic mass is 32.2. The minimum Gasteiger partial charge on any atom is -0.462 e. The van der Waals surface area contributed by atoms with E-state index in [-0.39, 0.29) is 19.4 Å². The van der Waals surface area contributed by atoms with Crippen LogP contribution < -0.4 is 0 Å². The molecule has 0 amide bonds. The summed E-state index contributed by atoms with van der Waals surface area (Å²) in [4.78, 5) is 25.3. The number of carbonyl (C=O) groups excluding carboxylic acids is 2. The summed E-state index contributed by atoms with van der Waals surface area (Å²) in [5.74, 6) is -2.08. The van der Waals surface area contributed by atoms with Crippen LogP contribution in [-0.4, -0.2) is 96.0 Å². The number of hydrogen-bond acceptors (Lipinski definition) is 11. The summed E-state index contributed by atoms with van der Waals surface area (Å²) in [5, 5.41) is 30.8. The van der Waals surface area contributed by atoms with Gasteiger partial charge in [0.05, 0.1) is 6.61 Å². The zero-order valence-corrected chi connectivity index (χ0v) is 36.2. The van der Waals surface area contributed by atoms with Gasteiger partial charge < -0.3 is 34.3 Å². The Balaban J connectivity index is 2.53. The lowest BCUT2D eigenvalue weighted by Crippen LogP contribution is -2.60. The van der Waals surface area contributed by atoms with Gasteiger partial charge in [-0.2, -0.15) is 8.42 Å². The maximum absolute atomic E-state index is 12.8. The Morgan fingerprint density at radius 3 is 1.64 bits per heavy atom. The standard InChI is InChI=1S/C45H76O12S/c1-3-5-7-9-11-13-15-17-18-19-20-22-24-26-28-30-32-34-41(47)56-38(36-55-45-44(50)43(49)42(48)39(57-45)37-58(51,52)53)35-54-40(46)33-31-29-27-25-23-21-16-14-12-10-8-6-4-2/h11,13,17-18,20-23,26,28,38-39,42-45,48-50H,3-10,12,14-16,19,24-25,27,29-37H2,1-2H3,(H,51,52,53)/b13-11+,18-17+,22-20+,23-21+,28-26+/t38-,39-,42-,43?,44?,45+/m1/s1. The normalized spacial score (nSPS) is 21.0. The van der Waals surface area contributed by atoms with Gasteiger partial charge in [-0.15, -0.1) is 0 Å². The first kappa shape index (κ1) is 53.4. The van der Waals surface area contributed by atoms with E-state index in [9.17, 15) is 37.9 Å². The number of aliphatic hydroxyl groups excluding tert-OH is 3. The first-order valence-corrected chi connectivity index (χ1v) is 23.5. The number of allylic oxidation sites excluding steroid dienone is 10. The van der Waals surface area contributed by atoms with Crippen LogP contribution in [0.3, 0.4) is 0 Å². The number of esters is 2. The fraction of sp³-hybridized carbons (Fsp3) is 0.733. The predicted octanol–water partition coefficient (Wildman–Crippen LogP) is 8.56. The van der Waals surface area contributed by atoms with E-state index >= 15 is 0 Å². The molecule has 0 aliphatic carbocycles. The molecule has 6 atom stereocenters. The Hall–Kier alpha value is -2.65. The summed E-state index contributed by atoms with van der Waals surface area (Å²) >= 11 is 0. The number of rotatable bonds is 35. The van der Waals surface area contributed by atoms with Gasteiger partial charge >= 0.3 is 11.9 Å². The Morgan fingerprint density at radius 1 is 0.586 bits per heavy atom. The molecule has 13 heteroatoms. The number of ether oxygens (including phenoxy) is 4. The third-order valence-electron chi connectivity index (χ3n) is 9.57. The molecule has 1 fully saturated rings. The van der Waals surface area contributed by atoms with E-state index in [2.05, 4.69) is 62.5 Å². The molecule has 0 aromatic heterocycles. The fourth-order valence-electron chi connectivity index (χ4n) is 6.13. The topological polar surface area (TPSA) is 186 Å². The monoisotopic (exact) mass is 841 g/mol. The van der Waals surface area contributed by atoms with Crippen LogP contribution in [0.4, 0.5) is 0 Å². The molecule has 1 saturated heterocycles. The van der Waals surface area contributed by atoms with Crippen LogP contribution in [0.25, 0.3) is 0 Å². The Morgan fingerprint density at radius 2 is 1.05 bits per heavy atom. The van der Waals surface area contributed by atoms with E-state index in [0.29, 0.717) is 19.3 Å². The molecule has 334 valence electrons. The van der Waals surface area contributed by atoms with Crippen molar-refractivity contribution in [1.82, 2.24) is 0 Å². The van der Waals surface area contributed by atoms with E-state index in [0.717, 1.165) is 51.4 Å². The van der Waals surface area contributed by atoms with Crippen LogP contribution in [0.2, 0.25) is 0 Å². The van der Waals surface area contributed by atoms with Gasteiger partial charge in [0, 0.05) is 12.8 Å². The van der Waals surface area contributed by atoms with Crippen molar-refractivity contribution in [3.63, 3.8) is 0 Å².